The van der Waals surface area contributed by atoms with Crippen molar-refractivity contribution in [1.82, 2.24) is 0 Å². The first-order valence-electron chi connectivity index (χ1n) is 10.3. The van der Waals surface area contributed by atoms with Crippen LogP contribution in [0, 0.1) is 0 Å². The Balaban J connectivity index is 1.61. The van der Waals surface area contributed by atoms with E-state index >= 15 is 0 Å². The van der Waals surface area contributed by atoms with Crippen molar-refractivity contribution in [1.29, 1.82) is 0 Å². The molecule has 3 aromatic rings. The van der Waals surface area contributed by atoms with Crippen molar-refractivity contribution >= 4 is 58.3 Å². The Labute approximate surface area is 189 Å². The van der Waals surface area contributed by atoms with E-state index in [4.69, 9.17) is 4.42 Å². The first-order valence-corrected chi connectivity index (χ1v) is 10.3. The predicted octanol–water partition coefficient (Wildman–Crippen LogP) is 4.15. The summed E-state index contributed by atoms with van der Waals surface area (Å²) in [6, 6.07) is 15.8. The van der Waals surface area contributed by atoms with Gasteiger partial charge in [0, 0.05) is 30.5 Å². The molecular formula is C26H18N2O5. The number of rotatable bonds is 2. The minimum atomic E-state index is -0.441. The van der Waals surface area contributed by atoms with Crippen molar-refractivity contribution in [2.75, 3.05) is 9.80 Å². The number of anilines is 2. The van der Waals surface area contributed by atoms with Crippen LogP contribution in [-0.4, -0.2) is 23.6 Å². The van der Waals surface area contributed by atoms with Crippen LogP contribution in [0.1, 0.15) is 36.3 Å². The highest BCUT2D eigenvalue weighted by atomic mass is 16.3. The molecule has 0 radical (unpaired) electrons. The van der Waals surface area contributed by atoms with Gasteiger partial charge in [0.1, 0.15) is 5.76 Å². The third-order valence-electron chi connectivity index (χ3n) is 5.67. The highest BCUT2D eigenvalue weighted by molar-refractivity contribution is 6.43. The lowest BCUT2D eigenvalue weighted by molar-refractivity contribution is -0.123. The van der Waals surface area contributed by atoms with Crippen molar-refractivity contribution in [2.45, 2.75) is 13.8 Å². The molecule has 0 bridgehead atoms. The van der Waals surface area contributed by atoms with Gasteiger partial charge in [-0.15, -0.1) is 0 Å². The lowest BCUT2D eigenvalue weighted by Crippen LogP contribution is -2.31. The fourth-order valence-electron chi connectivity index (χ4n) is 4.24. The number of para-hydroxylation sites is 2. The second kappa shape index (κ2) is 7.56. The number of carbonyl (C=O) groups excluding carboxylic acids is 4. The first kappa shape index (κ1) is 20.4. The topological polar surface area (TPSA) is 87.9 Å². The lowest BCUT2D eigenvalue weighted by atomic mass is 10.0. The zero-order valence-corrected chi connectivity index (χ0v) is 17.9. The number of hydrogen-bond acceptors (Lipinski definition) is 5. The summed E-state index contributed by atoms with van der Waals surface area (Å²) in [7, 11) is 0. The maximum absolute atomic E-state index is 13.0. The van der Waals surface area contributed by atoms with Crippen molar-refractivity contribution in [3.8, 4) is 0 Å². The molecule has 0 aliphatic carbocycles. The average Bonchev–Trinajstić information content (AvgIpc) is 3.42. The van der Waals surface area contributed by atoms with E-state index in [0.29, 0.717) is 45.0 Å². The fourth-order valence-corrected chi connectivity index (χ4v) is 4.24. The van der Waals surface area contributed by atoms with Gasteiger partial charge in [-0.25, -0.2) is 9.80 Å². The molecule has 0 spiro atoms. The summed E-state index contributed by atoms with van der Waals surface area (Å²) in [4.78, 5) is 52.4. The summed E-state index contributed by atoms with van der Waals surface area (Å²) < 4.78 is 5.62. The summed E-state index contributed by atoms with van der Waals surface area (Å²) in [5.41, 5.74) is 3.55. The van der Waals surface area contributed by atoms with Gasteiger partial charge >= 0.3 is 0 Å². The molecule has 0 saturated carbocycles. The van der Waals surface area contributed by atoms with Gasteiger partial charge in [-0.3, -0.25) is 19.2 Å². The van der Waals surface area contributed by atoms with Crippen LogP contribution in [-0.2, 0) is 19.2 Å². The Morgan fingerprint density at radius 3 is 1.73 bits per heavy atom. The Kier molecular flexibility index (Phi) is 4.67. The molecule has 0 saturated heterocycles. The van der Waals surface area contributed by atoms with Crippen LogP contribution in [0.3, 0.4) is 0 Å². The third-order valence-corrected chi connectivity index (χ3v) is 5.67. The van der Waals surface area contributed by atoms with Crippen LogP contribution >= 0.6 is 0 Å². The molecule has 5 rings (SSSR count). The summed E-state index contributed by atoms with van der Waals surface area (Å²) in [6.45, 7) is 2.68. The van der Waals surface area contributed by atoms with E-state index in [1.165, 1.54) is 20.1 Å². The highest BCUT2D eigenvalue weighted by Gasteiger charge is 2.36. The zero-order valence-electron chi connectivity index (χ0n) is 17.9. The van der Waals surface area contributed by atoms with Crippen LogP contribution in [0.5, 0.6) is 0 Å². The van der Waals surface area contributed by atoms with Crippen LogP contribution in [0.25, 0.3) is 23.3 Å². The maximum Gasteiger partial charge on any atom is 0.265 e. The van der Waals surface area contributed by atoms with Crippen LogP contribution < -0.4 is 9.80 Å². The van der Waals surface area contributed by atoms with Crippen molar-refractivity contribution < 1.29 is 23.6 Å². The van der Waals surface area contributed by atoms with Gasteiger partial charge in [-0.2, -0.15) is 0 Å². The Hall–Kier alpha value is -4.52. The van der Waals surface area contributed by atoms with Gasteiger partial charge in [0.15, 0.2) is 0 Å². The molecular weight excluding hydrogens is 420 g/mol. The summed E-state index contributed by atoms with van der Waals surface area (Å²) in [5, 5.41) is 0. The molecule has 3 heterocycles. The van der Waals surface area contributed by atoms with E-state index in [9.17, 15) is 19.2 Å². The van der Waals surface area contributed by atoms with Crippen molar-refractivity contribution in [2.24, 2.45) is 0 Å². The number of fused-ring (bicyclic) bond motifs is 2. The van der Waals surface area contributed by atoms with Crippen molar-refractivity contribution in [3.63, 3.8) is 0 Å². The molecule has 33 heavy (non-hydrogen) atoms. The van der Waals surface area contributed by atoms with Gasteiger partial charge in [0.25, 0.3) is 11.8 Å². The van der Waals surface area contributed by atoms with Gasteiger partial charge < -0.3 is 4.42 Å². The molecule has 2 aromatic carbocycles. The smallest absolute Gasteiger partial charge is 0.265 e. The highest BCUT2D eigenvalue weighted by Crippen LogP contribution is 2.40. The quantitative estimate of drug-likeness (QED) is 0.561. The molecule has 4 amide bonds. The number of nitrogens with zero attached hydrogens (tertiary/aromatic N) is 2. The second-order valence-electron chi connectivity index (χ2n) is 7.71. The average molecular weight is 438 g/mol. The number of hydrogen-bond donors (Lipinski definition) is 0. The van der Waals surface area contributed by atoms with Crippen LogP contribution in [0.2, 0.25) is 0 Å². The van der Waals surface area contributed by atoms with Gasteiger partial charge in [0.2, 0.25) is 11.8 Å². The predicted molar refractivity (Wildman–Crippen MR) is 124 cm³/mol. The molecule has 2 aliphatic heterocycles. The maximum atomic E-state index is 13.0. The van der Waals surface area contributed by atoms with Crippen LogP contribution in [0.4, 0.5) is 11.4 Å². The number of furan rings is 1. The molecule has 0 atom stereocenters. The molecule has 0 unspecified atom stereocenters. The van der Waals surface area contributed by atoms with Gasteiger partial charge in [0.05, 0.1) is 28.8 Å². The summed E-state index contributed by atoms with van der Waals surface area (Å²) in [5.74, 6) is -1.26. The molecule has 2 aliphatic rings. The molecule has 1 aromatic heterocycles. The van der Waals surface area contributed by atoms with Crippen molar-refractivity contribution in [3.05, 3.63) is 83.3 Å². The molecule has 0 N–H and O–H groups in total. The van der Waals surface area contributed by atoms with Crippen LogP contribution in [0.15, 0.2) is 65.3 Å². The zero-order chi connectivity index (χ0) is 23.3. The molecule has 162 valence electrons. The minimum Gasteiger partial charge on any atom is -0.464 e. The summed E-state index contributed by atoms with van der Waals surface area (Å²) >= 11 is 0. The Morgan fingerprint density at radius 1 is 0.727 bits per heavy atom. The fraction of sp³-hybridized carbons (Fsp3) is 0.0769. The van der Waals surface area contributed by atoms with E-state index < -0.39 is 11.8 Å². The minimum absolute atomic E-state index is 0.318. The number of imide groups is 2. The van der Waals surface area contributed by atoms with Gasteiger partial charge in [-0.1, -0.05) is 36.4 Å². The van der Waals surface area contributed by atoms with E-state index in [1.54, 1.807) is 66.7 Å². The Morgan fingerprint density at radius 2 is 1.21 bits per heavy atom. The largest absolute Gasteiger partial charge is 0.464 e. The monoisotopic (exact) mass is 438 g/mol. The standard InChI is InChI=1S/C26H18N2O5/c1-15(29)27-22-9-5-3-7-18(22)20(25(27)31)13-17-11-12-33-24(17)14-21-19-8-4-6-10-23(19)28(16(2)30)26(21)32/h3-14H,1-2H3. The summed E-state index contributed by atoms with van der Waals surface area (Å²) in [6.07, 6.45) is 4.68. The normalized spacial score (nSPS) is 17.2. The number of carbonyl (C=O) groups is 4. The van der Waals surface area contributed by atoms with E-state index in [-0.39, 0.29) is 11.8 Å². The molecule has 7 heteroatoms. The van der Waals surface area contributed by atoms with Gasteiger partial charge in [-0.05, 0) is 30.4 Å². The number of benzene rings is 2. The lowest BCUT2D eigenvalue weighted by Gasteiger charge is -2.11. The van der Waals surface area contributed by atoms with E-state index in [1.807, 2.05) is 0 Å². The molecule has 0 fully saturated rings. The first-order chi connectivity index (χ1) is 15.9. The molecule has 7 nitrogen and oxygen atoms in total. The second-order valence-corrected chi connectivity index (χ2v) is 7.71. The third kappa shape index (κ3) is 3.13. The van der Waals surface area contributed by atoms with E-state index in [0.717, 1.165) is 9.80 Å². The van der Waals surface area contributed by atoms with E-state index in [2.05, 4.69) is 0 Å². The number of amides is 4. The SMILES string of the molecule is CC(=O)N1C(=O)C(=Cc2ccoc2C=C2C(=O)N(C(C)=O)c3ccccc32)c2ccccc21. The Bertz CT molecular complexity index is 1320.